The topological polar surface area (TPSA) is 37.3 Å². The summed E-state index contributed by atoms with van der Waals surface area (Å²) >= 11 is 6.16. The molecule has 1 aliphatic carbocycles. The molecule has 21 heavy (non-hydrogen) atoms. The second kappa shape index (κ2) is 6.02. The monoisotopic (exact) mass is 301 g/mol. The summed E-state index contributed by atoms with van der Waals surface area (Å²) in [5.41, 5.74) is 4.77. The van der Waals surface area contributed by atoms with Gasteiger partial charge in [-0.15, -0.1) is 0 Å². The minimum Gasteiger partial charge on any atom is -0.352 e. The number of pyridine rings is 1. The van der Waals surface area contributed by atoms with Crippen molar-refractivity contribution in [3.05, 3.63) is 52.1 Å². The van der Waals surface area contributed by atoms with E-state index in [1.165, 1.54) is 24.0 Å². The highest BCUT2D eigenvalue weighted by Crippen LogP contribution is 2.41. The lowest BCUT2D eigenvalue weighted by molar-refractivity contribution is 0.847. The van der Waals surface area contributed by atoms with Gasteiger partial charge < -0.3 is 5.32 Å². The van der Waals surface area contributed by atoms with E-state index in [1.807, 2.05) is 18.6 Å². The van der Waals surface area contributed by atoms with Crippen molar-refractivity contribution in [1.82, 2.24) is 10.3 Å². The van der Waals surface area contributed by atoms with E-state index in [4.69, 9.17) is 11.6 Å². The van der Waals surface area contributed by atoms with Crippen LogP contribution in [0.2, 0.25) is 0 Å². The van der Waals surface area contributed by atoms with Gasteiger partial charge >= 0.3 is 0 Å². The van der Waals surface area contributed by atoms with Crippen molar-refractivity contribution in [2.24, 2.45) is 10.9 Å². The van der Waals surface area contributed by atoms with Gasteiger partial charge in [0.25, 0.3) is 0 Å². The van der Waals surface area contributed by atoms with Crippen molar-refractivity contribution in [1.29, 1.82) is 0 Å². The van der Waals surface area contributed by atoms with Gasteiger partial charge in [-0.3, -0.25) is 9.98 Å². The van der Waals surface area contributed by atoms with Crippen molar-refractivity contribution in [3.8, 4) is 0 Å². The predicted octanol–water partition coefficient (Wildman–Crippen LogP) is 4.04. The molecule has 0 saturated heterocycles. The van der Waals surface area contributed by atoms with Crippen LogP contribution in [-0.4, -0.2) is 11.2 Å². The lowest BCUT2D eigenvalue weighted by Crippen LogP contribution is -2.14. The van der Waals surface area contributed by atoms with Crippen LogP contribution in [0.4, 0.5) is 0 Å². The Morgan fingerprint density at radius 2 is 2.29 bits per heavy atom. The molecular weight excluding hydrogens is 282 g/mol. The number of hydrogen-bond donors (Lipinski definition) is 1. The number of nitrogens with zero attached hydrogens (tertiary/aromatic N) is 2. The van der Waals surface area contributed by atoms with Crippen LogP contribution in [0.1, 0.15) is 42.5 Å². The first-order valence-corrected chi connectivity index (χ1v) is 7.81. The lowest BCUT2D eigenvalue weighted by atomic mass is 10.0. The Kier molecular flexibility index (Phi) is 4.11. The predicted molar refractivity (Wildman–Crippen MR) is 87.5 cm³/mol. The first-order valence-electron chi connectivity index (χ1n) is 7.43. The largest absolute Gasteiger partial charge is 0.352 e. The fourth-order valence-corrected chi connectivity index (χ4v) is 2.88. The van der Waals surface area contributed by atoms with E-state index in [-0.39, 0.29) is 5.92 Å². The summed E-state index contributed by atoms with van der Waals surface area (Å²) in [6.45, 7) is 4.86. The fraction of sp³-hybridized carbons (Fsp3) is 0.412. The second-order valence-corrected chi connectivity index (χ2v) is 6.22. The fourth-order valence-electron chi connectivity index (χ4n) is 2.60. The molecule has 1 atom stereocenters. The highest BCUT2D eigenvalue weighted by molar-refractivity contribution is 6.31. The smallest absolute Gasteiger partial charge is 0.111 e. The van der Waals surface area contributed by atoms with E-state index in [9.17, 15) is 0 Å². The summed E-state index contributed by atoms with van der Waals surface area (Å²) in [6.07, 6.45) is 10.4. The highest BCUT2D eigenvalue weighted by atomic mass is 35.5. The number of dihydropyridines is 1. The van der Waals surface area contributed by atoms with E-state index in [1.54, 1.807) is 0 Å². The number of allylic oxidation sites excluding steroid dienone is 2. The van der Waals surface area contributed by atoms with Gasteiger partial charge in [0.1, 0.15) is 5.16 Å². The third-order valence-corrected chi connectivity index (χ3v) is 4.38. The zero-order valence-corrected chi connectivity index (χ0v) is 13.2. The van der Waals surface area contributed by atoms with Crippen molar-refractivity contribution in [2.45, 2.75) is 39.2 Å². The molecule has 0 aromatic carbocycles. The maximum Gasteiger partial charge on any atom is 0.111 e. The quantitative estimate of drug-likeness (QED) is 0.673. The molecule has 1 saturated carbocycles. The molecule has 1 unspecified atom stereocenters. The van der Waals surface area contributed by atoms with E-state index >= 15 is 0 Å². The Bertz CT molecular complexity index is 627. The summed E-state index contributed by atoms with van der Waals surface area (Å²) in [5, 5.41) is 3.66. The number of nitrogens with one attached hydrogen (secondary N) is 1. The van der Waals surface area contributed by atoms with Crippen molar-refractivity contribution >= 4 is 17.8 Å². The molecule has 0 radical (unpaired) electrons. The Hall–Kier alpha value is -1.61. The van der Waals surface area contributed by atoms with Gasteiger partial charge in [0.2, 0.25) is 0 Å². The summed E-state index contributed by atoms with van der Waals surface area (Å²) in [7, 11) is 0. The van der Waals surface area contributed by atoms with Crippen LogP contribution in [0, 0.1) is 12.8 Å². The SMILES string of the molecule is Cc1cc(CN=CC2=C(Cl)NC=CC2C)ncc1C1CC1. The van der Waals surface area contributed by atoms with Crippen molar-refractivity contribution < 1.29 is 0 Å². The molecule has 3 nitrogen and oxygen atoms in total. The number of hydrogen-bond acceptors (Lipinski definition) is 3. The lowest BCUT2D eigenvalue weighted by Gasteiger charge is -2.15. The third-order valence-electron chi connectivity index (χ3n) is 4.05. The molecule has 1 aromatic heterocycles. The standard InChI is InChI=1S/C17H20ClN3/c1-11-5-6-20-17(18)16(11)9-19-8-14-7-12(2)15(10-21-14)13-3-4-13/h5-7,9-11,13,20H,3-4,8H2,1-2H3. The van der Waals surface area contributed by atoms with E-state index in [0.717, 1.165) is 17.2 Å². The number of aliphatic imine (C=N–C) groups is 1. The number of aryl methyl sites for hydroxylation is 1. The molecule has 0 amide bonds. The average Bonchev–Trinajstić information content (AvgIpc) is 3.27. The van der Waals surface area contributed by atoms with Gasteiger partial charge in [0.15, 0.2) is 0 Å². The Morgan fingerprint density at radius 1 is 1.48 bits per heavy atom. The highest BCUT2D eigenvalue weighted by Gasteiger charge is 2.25. The van der Waals surface area contributed by atoms with E-state index < -0.39 is 0 Å². The molecule has 1 fully saturated rings. The van der Waals surface area contributed by atoms with Crippen LogP contribution in [-0.2, 0) is 6.54 Å². The van der Waals surface area contributed by atoms with Gasteiger partial charge in [-0.25, -0.2) is 0 Å². The van der Waals surface area contributed by atoms with Crippen LogP contribution in [0.15, 0.2) is 40.3 Å². The van der Waals surface area contributed by atoms with Gasteiger partial charge in [0.05, 0.1) is 12.2 Å². The molecule has 2 heterocycles. The van der Waals surface area contributed by atoms with Crippen LogP contribution in [0.5, 0.6) is 0 Å². The molecule has 0 bridgehead atoms. The Balaban J connectivity index is 1.67. The molecule has 2 aliphatic rings. The third kappa shape index (κ3) is 3.35. The molecule has 3 rings (SSSR count). The first kappa shape index (κ1) is 14.3. The van der Waals surface area contributed by atoms with E-state index in [2.05, 4.69) is 41.3 Å². The summed E-state index contributed by atoms with van der Waals surface area (Å²) < 4.78 is 0. The second-order valence-electron chi connectivity index (χ2n) is 5.84. The number of halogens is 1. The first-order chi connectivity index (χ1) is 10.1. The maximum absolute atomic E-state index is 6.16. The summed E-state index contributed by atoms with van der Waals surface area (Å²) in [4.78, 5) is 9.02. The molecule has 1 aliphatic heterocycles. The molecular formula is C17H20ClN3. The van der Waals surface area contributed by atoms with Crippen LogP contribution in [0.25, 0.3) is 0 Å². The average molecular weight is 302 g/mol. The minimum atomic E-state index is 0.287. The zero-order valence-electron chi connectivity index (χ0n) is 12.4. The zero-order chi connectivity index (χ0) is 14.8. The van der Waals surface area contributed by atoms with Crippen LogP contribution >= 0.6 is 11.6 Å². The minimum absolute atomic E-state index is 0.287. The molecule has 1 N–H and O–H groups in total. The molecule has 1 aromatic rings. The summed E-state index contributed by atoms with van der Waals surface area (Å²) in [5.74, 6) is 1.04. The number of rotatable bonds is 4. The number of aromatic nitrogens is 1. The summed E-state index contributed by atoms with van der Waals surface area (Å²) in [6, 6.07) is 2.16. The molecule has 0 spiro atoms. The Morgan fingerprint density at radius 3 is 2.95 bits per heavy atom. The maximum atomic E-state index is 6.16. The van der Waals surface area contributed by atoms with Gasteiger partial charge in [-0.1, -0.05) is 24.6 Å². The van der Waals surface area contributed by atoms with Crippen molar-refractivity contribution in [3.63, 3.8) is 0 Å². The van der Waals surface area contributed by atoms with Gasteiger partial charge in [-0.2, -0.15) is 0 Å². The Labute approximate surface area is 130 Å². The van der Waals surface area contributed by atoms with Gasteiger partial charge in [-0.05, 0) is 49.1 Å². The normalized spacial score (nSPS) is 22.0. The molecule has 4 heteroatoms. The van der Waals surface area contributed by atoms with Gasteiger partial charge in [0, 0.05) is 23.9 Å². The van der Waals surface area contributed by atoms with Crippen LogP contribution in [0.3, 0.4) is 0 Å². The molecule has 110 valence electrons. The van der Waals surface area contributed by atoms with E-state index in [0.29, 0.717) is 11.7 Å². The van der Waals surface area contributed by atoms with Crippen molar-refractivity contribution in [2.75, 3.05) is 0 Å². The van der Waals surface area contributed by atoms with Crippen LogP contribution < -0.4 is 5.32 Å².